The number of nitrogens with zero attached hydrogens (tertiary/aromatic N) is 1. The van der Waals surface area contributed by atoms with Gasteiger partial charge in [0.15, 0.2) is 0 Å². The number of rotatable bonds is 4. The summed E-state index contributed by atoms with van der Waals surface area (Å²) in [5.41, 5.74) is 0.907. The molecule has 6 heteroatoms. The number of carboxylic acid groups (broad SMARTS) is 1. The van der Waals surface area contributed by atoms with E-state index in [-0.39, 0.29) is 17.7 Å². The van der Waals surface area contributed by atoms with E-state index in [1.54, 1.807) is 16.7 Å². The molecule has 1 saturated carbocycles. The maximum atomic E-state index is 12.6. The van der Waals surface area contributed by atoms with E-state index in [0.29, 0.717) is 11.7 Å². The summed E-state index contributed by atoms with van der Waals surface area (Å²) < 4.78 is 0.928. The zero-order chi connectivity index (χ0) is 15.0. The van der Waals surface area contributed by atoms with E-state index in [0.717, 1.165) is 22.9 Å². The molecule has 1 aliphatic heterocycles. The van der Waals surface area contributed by atoms with E-state index in [2.05, 4.69) is 15.9 Å². The van der Waals surface area contributed by atoms with Crippen molar-refractivity contribution in [3.63, 3.8) is 0 Å². The summed E-state index contributed by atoms with van der Waals surface area (Å²) in [6.45, 7) is 0. The lowest BCUT2D eigenvalue weighted by Gasteiger charge is -2.27. The minimum Gasteiger partial charge on any atom is -0.480 e. The van der Waals surface area contributed by atoms with Crippen molar-refractivity contribution in [2.45, 2.75) is 30.7 Å². The van der Waals surface area contributed by atoms with Crippen molar-refractivity contribution >= 4 is 39.6 Å². The summed E-state index contributed by atoms with van der Waals surface area (Å²) in [7, 11) is 0. The average Bonchev–Trinajstić information content (AvgIpc) is 3.16. The molecular formula is C15H16BrNO3S. The highest BCUT2D eigenvalue weighted by Gasteiger charge is 2.47. The molecule has 2 aliphatic rings. The summed E-state index contributed by atoms with van der Waals surface area (Å²) in [6, 6.07) is 6.92. The molecule has 2 fully saturated rings. The van der Waals surface area contributed by atoms with E-state index in [1.807, 2.05) is 24.3 Å². The molecule has 1 aliphatic carbocycles. The normalized spacial score (nSPS) is 25.1. The van der Waals surface area contributed by atoms with Gasteiger partial charge in [-0.25, -0.2) is 4.79 Å². The number of amides is 1. The molecule has 2 atom stereocenters. The van der Waals surface area contributed by atoms with E-state index in [4.69, 9.17) is 0 Å². The fourth-order valence-corrected chi connectivity index (χ4v) is 4.79. The molecule has 0 bridgehead atoms. The van der Waals surface area contributed by atoms with Gasteiger partial charge in [-0.15, -0.1) is 11.8 Å². The highest BCUT2D eigenvalue weighted by Crippen LogP contribution is 2.45. The number of halogens is 1. The number of benzene rings is 1. The Morgan fingerprint density at radius 2 is 2.14 bits per heavy atom. The lowest BCUT2D eigenvalue weighted by molar-refractivity contribution is -0.149. The van der Waals surface area contributed by atoms with Crippen molar-refractivity contribution in [2.24, 2.45) is 5.92 Å². The molecular weight excluding hydrogens is 354 g/mol. The summed E-state index contributed by atoms with van der Waals surface area (Å²) in [5.74, 6) is 0.00206. The lowest BCUT2D eigenvalue weighted by atomic mass is 10.1. The fraction of sp³-hybridized carbons (Fsp3) is 0.467. The Kier molecular flexibility index (Phi) is 4.26. The van der Waals surface area contributed by atoms with E-state index in [9.17, 15) is 14.7 Å². The molecule has 4 nitrogen and oxygen atoms in total. The van der Waals surface area contributed by atoms with E-state index in [1.165, 1.54) is 0 Å². The predicted molar refractivity (Wildman–Crippen MR) is 85.1 cm³/mol. The van der Waals surface area contributed by atoms with Crippen LogP contribution in [0.4, 0.5) is 0 Å². The second-order valence-corrected chi connectivity index (χ2v) is 7.59. The van der Waals surface area contributed by atoms with E-state index >= 15 is 0 Å². The molecule has 112 valence electrons. The van der Waals surface area contributed by atoms with Crippen molar-refractivity contribution < 1.29 is 14.7 Å². The Hall–Kier alpha value is -1.01. The highest BCUT2D eigenvalue weighted by molar-refractivity contribution is 9.10. The predicted octanol–water partition coefficient (Wildman–Crippen LogP) is 2.76. The van der Waals surface area contributed by atoms with Gasteiger partial charge in [0.1, 0.15) is 6.04 Å². The minimum atomic E-state index is -0.895. The molecule has 1 aromatic rings. The summed E-state index contributed by atoms with van der Waals surface area (Å²) in [5, 5.41) is 9.39. The molecule has 21 heavy (non-hydrogen) atoms. The number of carbonyl (C=O) groups is 2. The van der Waals surface area contributed by atoms with Crippen molar-refractivity contribution in [3.05, 3.63) is 34.3 Å². The van der Waals surface area contributed by atoms with Gasteiger partial charge < -0.3 is 10.0 Å². The fourth-order valence-electron chi connectivity index (χ4n) is 2.69. The summed E-state index contributed by atoms with van der Waals surface area (Å²) in [6.07, 6.45) is 2.46. The first-order valence-corrected chi connectivity index (χ1v) is 8.80. The average molecular weight is 370 g/mol. The van der Waals surface area contributed by atoms with Crippen LogP contribution in [0.2, 0.25) is 0 Å². The third-order valence-corrected chi connectivity index (χ3v) is 5.83. The largest absolute Gasteiger partial charge is 0.480 e. The molecule has 1 N–H and O–H groups in total. The maximum absolute atomic E-state index is 12.6. The van der Waals surface area contributed by atoms with Crippen molar-refractivity contribution in [1.82, 2.24) is 4.90 Å². The van der Waals surface area contributed by atoms with Crippen LogP contribution in [-0.4, -0.2) is 39.1 Å². The first-order valence-electron chi connectivity index (χ1n) is 6.96. The Morgan fingerprint density at radius 1 is 1.38 bits per heavy atom. The van der Waals surface area contributed by atoms with Crippen molar-refractivity contribution in [1.29, 1.82) is 0 Å². The standard InChI is InChI=1S/C15H16BrNO3S/c16-11-3-1-2-9(6-11)7-13(18)17-12(15(19)20)8-21-14(17)10-4-5-10/h1-3,6,10,12,14H,4-5,7-8H2,(H,19,20). The van der Waals surface area contributed by atoms with Gasteiger partial charge in [-0.3, -0.25) is 4.79 Å². The molecule has 0 radical (unpaired) electrons. The van der Waals surface area contributed by atoms with Crippen LogP contribution in [0.3, 0.4) is 0 Å². The Balaban J connectivity index is 1.77. The minimum absolute atomic E-state index is 0.0470. The molecule has 3 rings (SSSR count). The lowest BCUT2D eigenvalue weighted by Crippen LogP contribution is -2.46. The Labute approximate surface area is 136 Å². The number of carboxylic acids is 1. The zero-order valence-electron chi connectivity index (χ0n) is 11.4. The van der Waals surface area contributed by atoms with Crippen LogP contribution in [0.15, 0.2) is 28.7 Å². The number of hydrogen-bond donors (Lipinski definition) is 1. The van der Waals surface area contributed by atoms with Gasteiger partial charge in [-0.1, -0.05) is 28.1 Å². The van der Waals surface area contributed by atoms with Gasteiger partial charge in [-0.05, 0) is 36.5 Å². The Morgan fingerprint density at radius 3 is 2.76 bits per heavy atom. The molecule has 0 aromatic heterocycles. The second-order valence-electron chi connectivity index (χ2n) is 5.52. The quantitative estimate of drug-likeness (QED) is 0.886. The second kappa shape index (κ2) is 6.01. The highest BCUT2D eigenvalue weighted by atomic mass is 79.9. The van der Waals surface area contributed by atoms with Crippen LogP contribution in [0.5, 0.6) is 0 Å². The monoisotopic (exact) mass is 369 g/mol. The molecule has 0 spiro atoms. The maximum Gasteiger partial charge on any atom is 0.327 e. The van der Waals surface area contributed by atoms with E-state index < -0.39 is 12.0 Å². The van der Waals surface area contributed by atoms with Crippen LogP contribution in [-0.2, 0) is 16.0 Å². The number of hydrogen-bond acceptors (Lipinski definition) is 3. The number of carbonyl (C=O) groups excluding carboxylic acids is 1. The summed E-state index contributed by atoms with van der Waals surface area (Å²) >= 11 is 5.01. The van der Waals surface area contributed by atoms with Crippen LogP contribution in [0.25, 0.3) is 0 Å². The van der Waals surface area contributed by atoms with Crippen molar-refractivity contribution in [2.75, 3.05) is 5.75 Å². The smallest absolute Gasteiger partial charge is 0.327 e. The molecule has 1 heterocycles. The van der Waals surface area contributed by atoms with Gasteiger partial charge in [0, 0.05) is 10.2 Å². The zero-order valence-corrected chi connectivity index (χ0v) is 13.8. The van der Waals surface area contributed by atoms with Crippen LogP contribution >= 0.6 is 27.7 Å². The van der Waals surface area contributed by atoms with Crippen LogP contribution in [0.1, 0.15) is 18.4 Å². The SMILES string of the molecule is O=C(O)C1CSC(C2CC2)N1C(=O)Cc1cccc(Br)c1. The third kappa shape index (κ3) is 3.26. The van der Waals surface area contributed by atoms with Gasteiger partial charge in [0.05, 0.1) is 11.8 Å². The van der Waals surface area contributed by atoms with Gasteiger partial charge >= 0.3 is 5.97 Å². The van der Waals surface area contributed by atoms with Gasteiger partial charge in [0.2, 0.25) is 5.91 Å². The first-order chi connectivity index (χ1) is 10.1. The van der Waals surface area contributed by atoms with Crippen LogP contribution in [0, 0.1) is 5.92 Å². The summed E-state index contributed by atoms with van der Waals surface area (Å²) in [4.78, 5) is 25.6. The molecule has 1 amide bonds. The molecule has 2 unspecified atom stereocenters. The van der Waals surface area contributed by atoms with Gasteiger partial charge in [-0.2, -0.15) is 0 Å². The van der Waals surface area contributed by atoms with Gasteiger partial charge in [0.25, 0.3) is 0 Å². The molecule has 1 saturated heterocycles. The van der Waals surface area contributed by atoms with Crippen LogP contribution < -0.4 is 0 Å². The third-order valence-electron chi connectivity index (χ3n) is 3.88. The number of aliphatic carboxylic acids is 1. The van der Waals surface area contributed by atoms with Crippen molar-refractivity contribution in [3.8, 4) is 0 Å². The first kappa shape index (κ1) is 14.9. The number of thioether (sulfide) groups is 1. The topological polar surface area (TPSA) is 57.6 Å². The Bertz CT molecular complexity index is 576. The molecule has 1 aromatic carbocycles.